The van der Waals surface area contributed by atoms with Crippen LogP contribution < -0.4 is 0 Å². The van der Waals surface area contributed by atoms with Crippen LogP contribution in [-0.4, -0.2) is 23.2 Å². The van der Waals surface area contributed by atoms with Gasteiger partial charge in [-0.15, -0.1) is 0 Å². The molecule has 1 aromatic heterocycles. The second kappa shape index (κ2) is 6.00. The molecule has 18 heavy (non-hydrogen) atoms. The minimum atomic E-state index is -1.08. The third-order valence-electron chi connectivity index (χ3n) is 3.40. The molecule has 100 valence electrons. The highest BCUT2D eigenvalue weighted by Crippen LogP contribution is 2.27. The maximum Gasteiger partial charge on any atom is 0.373 e. The van der Waals surface area contributed by atoms with Crippen LogP contribution in [0.4, 0.5) is 0 Å². The molecule has 1 aliphatic rings. The molecule has 0 saturated heterocycles. The molecule has 5 heteroatoms. The molecule has 0 atom stereocenters. The molecule has 1 aliphatic carbocycles. The van der Waals surface area contributed by atoms with Gasteiger partial charge in [0.25, 0.3) is 0 Å². The smallest absolute Gasteiger partial charge is 0.373 e. The molecule has 2 rings (SSSR count). The number of nitrogens with zero attached hydrogens (tertiary/aromatic N) is 1. The summed E-state index contributed by atoms with van der Waals surface area (Å²) in [5.74, 6) is -0.0482. The highest BCUT2D eigenvalue weighted by Gasteiger charge is 2.22. The maximum atomic E-state index is 11.0. The molecule has 0 unspecified atom stereocenters. The molecular formula is C13H19NO4. The highest BCUT2D eigenvalue weighted by molar-refractivity contribution is 5.85. The number of carboxylic acids is 1. The highest BCUT2D eigenvalue weighted by atomic mass is 16.5. The van der Waals surface area contributed by atoms with Gasteiger partial charge in [0, 0.05) is 13.5 Å². The van der Waals surface area contributed by atoms with E-state index in [0.717, 1.165) is 6.42 Å². The molecule has 1 N–H and O–H groups in total. The summed E-state index contributed by atoms with van der Waals surface area (Å²) in [6.07, 6.45) is 6.92. The van der Waals surface area contributed by atoms with Crippen LogP contribution >= 0.6 is 0 Å². The number of aromatic nitrogens is 1. The van der Waals surface area contributed by atoms with Crippen molar-refractivity contribution in [3.05, 3.63) is 17.3 Å². The lowest BCUT2D eigenvalue weighted by atomic mass is 9.87. The Morgan fingerprint density at radius 2 is 2.17 bits per heavy atom. The van der Waals surface area contributed by atoms with Gasteiger partial charge in [-0.05, 0) is 18.8 Å². The van der Waals surface area contributed by atoms with Gasteiger partial charge in [0.15, 0.2) is 5.89 Å². The summed E-state index contributed by atoms with van der Waals surface area (Å²) in [7, 11) is 1.51. The normalized spacial score (nSPS) is 16.9. The Hall–Kier alpha value is -1.36. The van der Waals surface area contributed by atoms with Gasteiger partial charge in [-0.25, -0.2) is 9.78 Å². The van der Waals surface area contributed by atoms with E-state index in [-0.39, 0.29) is 12.4 Å². The number of oxazole rings is 1. The summed E-state index contributed by atoms with van der Waals surface area (Å²) in [5.41, 5.74) is 0.385. The van der Waals surface area contributed by atoms with Gasteiger partial charge in [-0.2, -0.15) is 0 Å². The van der Waals surface area contributed by atoms with E-state index >= 15 is 0 Å². The third kappa shape index (κ3) is 3.10. The molecule has 0 bridgehead atoms. The van der Waals surface area contributed by atoms with E-state index in [2.05, 4.69) is 4.98 Å². The van der Waals surface area contributed by atoms with Gasteiger partial charge >= 0.3 is 5.97 Å². The number of hydrogen-bond donors (Lipinski definition) is 1. The molecular weight excluding hydrogens is 234 g/mol. The van der Waals surface area contributed by atoms with Crippen molar-refractivity contribution in [3.8, 4) is 0 Å². The predicted octanol–water partition coefficient (Wildman–Crippen LogP) is 2.64. The van der Waals surface area contributed by atoms with Gasteiger partial charge in [-0.3, -0.25) is 0 Å². The first-order valence-corrected chi connectivity index (χ1v) is 6.41. The number of aromatic carboxylic acids is 1. The Morgan fingerprint density at radius 3 is 2.78 bits per heavy atom. The maximum absolute atomic E-state index is 11.0. The number of ether oxygens (including phenoxy) is 1. The molecule has 0 aliphatic heterocycles. The number of carboxylic acid groups (broad SMARTS) is 1. The van der Waals surface area contributed by atoms with Crippen LogP contribution in [0.25, 0.3) is 0 Å². The van der Waals surface area contributed by atoms with Crippen LogP contribution in [0.1, 0.15) is 54.2 Å². The van der Waals surface area contributed by atoms with Crippen LogP contribution in [0.5, 0.6) is 0 Å². The van der Waals surface area contributed by atoms with Crippen LogP contribution in [0.15, 0.2) is 4.42 Å². The molecule has 0 radical (unpaired) electrons. The van der Waals surface area contributed by atoms with Gasteiger partial charge in [0.2, 0.25) is 5.76 Å². The van der Waals surface area contributed by atoms with Gasteiger partial charge in [0.05, 0.1) is 6.61 Å². The first-order chi connectivity index (χ1) is 8.70. The number of carbonyl (C=O) groups is 1. The van der Waals surface area contributed by atoms with Crippen molar-refractivity contribution in [3.63, 3.8) is 0 Å². The lowest BCUT2D eigenvalue weighted by Gasteiger charge is -2.19. The van der Waals surface area contributed by atoms with E-state index in [4.69, 9.17) is 14.3 Å². The zero-order valence-electron chi connectivity index (χ0n) is 10.6. The second-order valence-corrected chi connectivity index (χ2v) is 4.83. The third-order valence-corrected chi connectivity index (χ3v) is 3.40. The molecule has 1 heterocycles. The fourth-order valence-electron chi connectivity index (χ4n) is 2.53. The fourth-order valence-corrected chi connectivity index (χ4v) is 2.53. The van der Waals surface area contributed by atoms with E-state index in [9.17, 15) is 4.79 Å². The predicted molar refractivity (Wildman–Crippen MR) is 64.5 cm³/mol. The summed E-state index contributed by atoms with van der Waals surface area (Å²) in [4.78, 5) is 15.3. The zero-order chi connectivity index (χ0) is 13.0. The summed E-state index contributed by atoms with van der Waals surface area (Å²) in [6.45, 7) is 0.176. The topological polar surface area (TPSA) is 72.6 Å². The monoisotopic (exact) mass is 253 g/mol. The molecule has 5 nitrogen and oxygen atoms in total. The quantitative estimate of drug-likeness (QED) is 0.873. The minimum absolute atomic E-state index is 0.0809. The van der Waals surface area contributed by atoms with Gasteiger partial charge in [0.1, 0.15) is 5.69 Å². The summed E-state index contributed by atoms with van der Waals surface area (Å²) in [6, 6.07) is 0. The van der Waals surface area contributed by atoms with Gasteiger partial charge in [-0.1, -0.05) is 19.3 Å². The van der Waals surface area contributed by atoms with Crippen LogP contribution in [-0.2, 0) is 17.8 Å². The van der Waals surface area contributed by atoms with Crippen molar-refractivity contribution in [2.24, 2.45) is 5.92 Å². The molecule has 1 saturated carbocycles. The van der Waals surface area contributed by atoms with Gasteiger partial charge < -0.3 is 14.3 Å². The average Bonchev–Trinajstić information content (AvgIpc) is 2.74. The molecule has 1 fully saturated rings. The fraction of sp³-hybridized carbons (Fsp3) is 0.692. The van der Waals surface area contributed by atoms with Crippen molar-refractivity contribution in [1.82, 2.24) is 4.98 Å². The van der Waals surface area contributed by atoms with Crippen LogP contribution in [0.2, 0.25) is 0 Å². The summed E-state index contributed by atoms with van der Waals surface area (Å²) >= 11 is 0. The second-order valence-electron chi connectivity index (χ2n) is 4.83. The first-order valence-electron chi connectivity index (χ1n) is 6.41. The Labute approximate surface area is 106 Å². The number of hydrogen-bond acceptors (Lipinski definition) is 4. The van der Waals surface area contributed by atoms with E-state index in [1.165, 1.54) is 39.2 Å². The summed E-state index contributed by atoms with van der Waals surface area (Å²) in [5, 5.41) is 9.02. The van der Waals surface area contributed by atoms with Crippen molar-refractivity contribution >= 4 is 5.97 Å². The lowest BCUT2D eigenvalue weighted by molar-refractivity contribution is 0.0653. The van der Waals surface area contributed by atoms with Crippen molar-refractivity contribution in [2.75, 3.05) is 7.11 Å². The first kappa shape index (κ1) is 13.1. The molecule has 1 aromatic rings. The van der Waals surface area contributed by atoms with E-state index in [1.807, 2.05) is 0 Å². The van der Waals surface area contributed by atoms with Crippen LogP contribution in [0.3, 0.4) is 0 Å². The van der Waals surface area contributed by atoms with E-state index in [0.29, 0.717) is 17.5 Å². The largest absolute Gasteiger partial charge is 0.475 e. The SMILES string of the molecule is COCc1nc(CC2CCCCC2)oc1C(=O)O. The van der Waals surface area contributed by atoms with Crippen molar-refractivity contribution in [2.45, 2.75) is 45.1 Å². The van der Waals surface area contributed by atoms with E-state index in [1.54, 1.807) is 0 Å². The molecule has 0 aromatic carbocycles. The number of rotatable bonds is 5. The zero-order valence-corrected chi connectivity index (χ0v) is 10.6. The van der Waals surface area contributed by atoms with Crippen LogP contribution in [0, 0.1) is 5.92 Å². The standard InChI is InChI=1S/C13H19NO4/c1-17-8-10-12(13(15)16)18-11(14-10)7-9-5-3-2-4-6-9/h9H,2-8H2,1H3,(H,15,16). The van der Waals surface area contributed by atoms with Crippen molar-refractivity contribution < 1.29 is 19.1 Å². The lowest BCUT2D eigenvalue weighted by Crippen LogP contribution is -2.09. The summed E-state index contributed by atoms with van der Waals surface area (Å²) < 4.78 is 10.3. The Kier molecular flexibility index (Phi) is 4.36. The Balaban J connectivity index is 2.07. The minimum Gasteiger partial charge on any atom is -0.475 e. The van der Waals surface area contributed by atoms with Crippen molar-refractivity contribution in [1.29, 1.82) is 0 Å². The Morgan fingerprint density at radius 1 is 1.44 bits per heavy atom. The molecule has 0 amide bonds. The van der Waals surface area contributed by atoms with E-state index < -0.39 is 5.97 Å². The number of methoxy groups -OCH3 is 1. The Bertz CT molecular complexity index is 407. The average molecular weight is 253 g/mol. The molecule has 0 spiro atoms.